The number of aryl methyl sites for hydroxylation is 1. The van der Waals surface area contributed by atoms with E-state index in [2.05, 4.69) is 15.4 Å². The van der Waals surface area contributed by atoms with Crippen LogP contribution in [0.3, 0.4) is 0 Å². The third-order valence-corrected chi connectivity index (χ3v) is 6.24. The maximum absolute atomic E-state index is 12.5. The van der Waals surface area contributed by atoms with Crippen molar-refractivity contribution in [3.63, 3.8) is 0 Å². The average molecular weight is 447 g/mol. The lowest BCUT2D eigenvalue weighted by Gasteiger charge is -2.10. The number of amides is 1. The van der Waals surface area contributed by atoms with E-state index in [1.807, 2.05) is 0 Å². The maximum atomic E-state index is 12.5. The molecule has 2 N–H and O–H groups in total. The lowest BCUT2D eigenvalue weighted by atomic mass is 10.1. The Balaban J connectivity index is 1.73. The number of ether oxygens (including phenoxy) is 2. The van der Waals surface area contributed by atoms with Crippen LogP contribution in [0.5, 0.6) is 0 Å². The van der Waals surface area contributed by atoms with Crippen LogP contribution in [0, 0.1) is 0 Å². The Kier molecular flexibility index (Phi) is 7.17. The Morgan fingerprint density at radius 2 is 1.57 bits per heavy atom. The minimum Gasteiger partial charge on any atom is -0.465 e. The number of carbonyl (C=O) groups is 3. The van der Waals surface area contributed by atoms with Crippen LogP contribution in [-0.2, 0) is 22.3 Å². The van der Waals surface area contributed by atoms with Gasteiger partial charge < -0.3 is 14.8 Å². The highest BCUT2D eigenvalue weighted by Crippen LogP contribution is 2.37. The van der Waals surface area contributed by atoms with E-state index in [0.29, 0.717) is 21.7 Å². The zero-order valence-corrected chi connectivity index (χ0v) is 18.3. The summed E-state index contributed by atoms with van der Waals surface area (Å²) in [5.41, 5.74) is 2.19. The number of hydrogen-bond acceptors (Lipinski definition) is 7. The van der Waals surface area contributed by atoms with Gasteiger partial charge in [0.25, 0.3) is 5.91 Å². The molecule has 0 fully saturated rings. The van der Waals surface area contributed by atoms with Crippen molar-refractivity contribution >= 4 is 51.5 Å². The largest absolute Gasteiger partial charge is 0.465 e. The first-order chi connectivity index (χ1) is 14.4. The normalized spacial score (nSPS) is 12.9. The number of methoxy groups -OCH3 is 2. The summed E-state index contributed by atoms with van der Waals surface area (Å²) in [5.74, 6) is -1.32. The van der Waals surface area contributed by atoms with Crippen molar-refractivity contribution in [2.24, 2.45) is 0 Å². The van der Waals surface area contributed by atoms with Gasteiger partial charge in [-0.15, -0.1) is 11.3 Å². The molecular weight excluding hydrogens is 424 g/mol. The van der Waals surface area contributed by atoms with Crippen molar-refractivity contribution < 1.29 is 23.9 Å². The molecule has 1 heterocycles. The average Bonchev–Trinajstić information content (AvgIpc) is 2.92. The van der Waals surface area contributed by atoms with E-state index in [1.54, 1.807) is 0 Å². The number of hydrogen-bond donors (Lipinski definition) is 2. The minimum absolute atomic E-state index is 0.0820. The molecule has 0 saturated heterocycles. The van der Waals surface area contributed by atoms with Crippen molar-refractivity contribution in [2.45, 2.75) is 32.1 Å². The highest BCUT2D eigenvalue weighted by atomic mass is 32.1. The van der Waals surface area contributed by atoms with Crippen LogP contribution in [0.2, 0.25) is 0 Å². The molecule has 1 aromatic heterocycles. The lowest BCUT2D eigenvalue weighted by molar-refractivity contribution is 0.0592. The van der Waals surface area contributed by atoms with Crippen LogP contribution in [0.25, 0.3) is 0 Å². The quantitative estimate of drug-likeness (QED) is 0.420. The molecule has 0 aliphatic heterocycles. The number of benzene rings is 1. The van der Waals surface area contributed by atoms with Gasteiger partial charge in [-0.3, -0.25) is 10.1 Å². The van der Waals surface area contributed by atoms with Crippen LogP contribution in [0.1, 0.15) is 60.8 Å². The van der Waals surface area contributed by atoms with E-state index in [9.17, 15) is 14.4 Å². The van der Waals surface area contributed by atoms with Gasteiger partial charge in [-0.1, -0.05) is 6.42 Å². The monoisotopic (exact) mass is 446 g/mol. The minimum atomic E-state index is -0.480. The van der Waals surface area contributed by atoms with Gasteiger partial charge in [0.05, 0.1) is 25.3 Å². The molecule has 1 aliphatic rings. The topological polar surface area (TPSA) is 93.7 Å². The number of anilines is 1. The molecule has 1 aliphatic carbocycles. The predicted molar refractivity (Wildman–Crippen MR) is 118 cm³/mol. The SMILES string of the molecule is COC(=O)c1ccc(C(=O)NC(=S)Nc2sc3c(c2C(=O)OC)CCCCC3)cc1. The van der Waals surface area contributed by atoms with Crippen molar-refractivity contribution in [3.05, 3.63) is 51.4 Å². The molecule has 0 bridgehead atoms. The number of thiocarbonyl (C=S) groups is 1. The molecule has 2 aromatic rings. The summed E-state index contributed by atoms with van der Waals surface area (Å²) >= 11 is 6.76. The Morgan fingerprint density at radius 3 is 2.23 bits per heavy atom. The van der Waals surface area contributed by atoms with E-state index in [0.717, 1.165) is 42.5 Å². The molecule has 0 spiro atoms. The summed E-state index contributed by atoms with van der Waals surface area (Å²) in [5, 5.41) is 6.26. The first kappa shape index (κ1) is 21.9. The second kappa shape index (κ2) is 9.82. The first-order valence-electron chi connectivity index (χ1n) is 9.48. The summed E-state index contributed by atoms with van der Waals surface area (Å²) in [6, 6.07) is 6.03. The Morgan fingerprint density at radius 1 is 0.933 bits per heavy atom. The van der Waals surface area contributed by atoms with Gasteiger partial charge in [-0.25, -0.2) is 9.59 Å². The van der Waals surface area contributed by atoms with Crippen LogP contribution < -0.4 is 10.6 Å². The lowest BCUT2D eigenvalue weighted by Crippen LogP contribution is -2.34. The highest BCUT2D eigenvalue weighted by Gasteiger charge is 2.26. The number of esters is 2. The molecule has 1 aromatic carbocycles. The Bertz CT molecular complexity index is 982. The van der Waals surface area contributed by atoms with Gasteiger partial charge >= 0.3 is 11.9 Å². The molecule has 3 rings (SSSR count). The molecule has 0 atom stereocenters. The third kappa shape index (κ3) is 4.85. The smallest absolute Gasteiger partial charge is 0.341 e. The number of fused-ring (bicyclic) bond motifs is 1. The molecule has 30 heavy (non-hydrogen) atoms. The fourth-order valence-electron chi connectivity index (χ4n) is 3.33. The zero-order valence-electron chi connectivity index (χ0n) is 16.7. The molecule has 9 heteroatoms. The predicted octanol–water partition coefficient (Wildman–Crippen LogP) is 3.72. The first-order valence-corrected chi connectivity index (χ1v) is 10.7. The molecule has 158 valence electrons. The van der Waals surface area contributed by atoms with Gasteiger partial charge in [0.1, 0.15) is 5.00 Å². The van der Waals surface area contributed by atoms with E-state index < -0.39 is 17.8 Å². The van der Waals surface area contributed by atoms with Crippen LogP contribution in [-0.4, -0.2) is 37.2 Å². The number of rotatable bonds is 4. The second-order valence-electron chi connectivity index (χ2n) is 6.74. The van der Waals surface area contributed by atoms with Gasteiger partial charge in [0, 0.05) is 10.4 Å². The molecule has 0 saturated carbocycles. The van der Waals surface area contributed by atoms with Crippen LogP contribution >= 0.6 is 23.6 Å². The summed E-state index contributed by atoms with van der Waals surface area (Å²) in [6.07, 6.45) is 4.97. The third-order valence-electron chi connectivity index (χ3n) is 4.83. The zero-order chi connectivity index (χ0) is 21.7. The second-order valence-corrected chi connectivity index (χ2v) is 8.25. The molecule has 1 amide bonds. The molecule has 0 unspecified atom stereocenters. The van der Waals surface area contributed by atoms with E-state index >= 15 is 0 Å². The van der Waals surface area contributed by atoms with Gasteiger partial charge in [0.15, 0.2) is 5.11 Å². The molecule has 0 radical (unpaired) electrons. The molecular formula is C21H22N2O5S2. The summed E-state index contributed by atoms with van der Waals surface area (Å²) in [6.45, 7) is 0. The Hall–Kier alpha value is -2.78. The summed E-state index contributed by atoms with van der Waals surface area (Å²) < 4.78 is 9.62. The standard InChI is InChI=1S/C21H22N2O5S2/c1-27-19(25)13-10-8-12(9-11-13)17(24)22-21(29)23-18-16(20(26)28-2)14-6-4-3-5-7-15(14)30-18/h8-11H,3-7H2,1-2H3,(H2,22,23,24,29). The van der Waals surface area contributed by atoms with Crippen LogP contribution in [0.4, 0.5) is 5.00 Å². The Labute approximate surface area is 183 Å². The number of carbonyl (C=O) groups excluding carboxylic acids is 3. The van der Waals surface area contributed by atoms with Crippen molar-refractivity contribution in [1.82, 2.24) is 5.32 Å². The van der Waals surface area contributed by atoms with E-state index in [-0.39, 0.29) is 5.11 Å². The molecule has 7 nitrogen and oxygen atoms in total. The van der Waals surface area contributed by atoms with Gasteiger partial charge in [0.2, 0.25) is 0 Å². The fraction of sp³-hybridized carbons (Fsp3) is 0.333. The van der Waals surface area contributed by atoms with Gasteiger partial charge in [-0.2, -0.15) is 0 Å². The summed E-state index contributed by atoms with van der Waals surface area (Å²) in [4.78, 5) is 37.5. The number of nitrogens with one attached hydrogen (secondary N) is 2. The summed E-state index contributed by atoms with van der Waals surface area (Å²) in [7, 11) is 2.64. The van der Waals surface area contributed by atoms with Crippen LogP contribution in [0.15, 0.2) is 24.3 Å². The van der Waals surface area contributed by atoms with Crippen molar-refractivity contribution in [2.75, 3.05) is 19.5 Å². The van der Waals surface area contributed by atoms with E-state index in [1.165, 1.54) is 49.8 Å². The van der Waals surface area contributed by atoms with E-state index in [4.69, 9.17) is 17.0 Å². The van der Waals surface area contributed by atoms with Gasteiger partial charge in [-0.05, 0) is 67.7 Å². The number of thiophene rings is 1. The van der Waals surface area contributed by atoms with Crippen molar-refractivity contribution in [1.29, 1.82) is 0 Å². The highest BCUT2D eigenvalue weighted by molar-refractivity contribution is 7.80. The van der Waals surface area contributed by atoms with Crippen molar-refractivity contribution in [3.8, 4) is 0 Å². The maximum Gasteiger partial charge on any atom is 0.341 e. The fourth-order valence-corrected chi connectivity index (χ4v) is 4.88.